The van der Waals surface area contributed by atoms with Crippen LogP contribution in [0.2, 0.25) is 10.0 Å². The van der Waals surface area contributed by atoms with Gasteiger partial charge in [0.25, 0.3) is 0 Å². The van der Waals surface area contributed by atoms with Crippen molar-refractivity contribution in [1.29, 1.82) is 0 Å². The van der Waals surface area contributed by atoms with Gasteiger partial charge in [-0.15, -0.1) is 23.5 Å². The summed E-state index contributed by atoms with van der Waals surface area (Å²) in [5.74, 6) is 0.648. The van der Waals surface area contributed by atoms with Gasteiger partial charge in [-0.3, -0.25) is 14.4 Å². The van der Waals surface area contributed by atoms with Crippen LogP contribution in [0.1, 0.15) is 60.8 Å². The molecule has 2 heterocycles. The Hall–Kier alpha value is -2.23. The Kier molecular flexibility index (Phi) is 12.2. The lowest BCUT2D eigenvalue weighted by Gasteiger charge is -2.11. The molecule has 0 spiro atoms. The number of hydrogen-bond acceptors (Lipinski definition) is 8. The van der Waals surface area contributed by atoms with E-state index in [2.05, 4.69) is 0 Å². The van der Waals surface area contributed by atoms with Crippen LogP contribution in [-0.2, 0) is 23.9 Å². The lowest BCUT2D eigenvalue weighted by atomic mass is 9.99. The van der Waals surface area contributed by atoms with Gasteiger partial charge in [-0.1, -0.05) is 47.5 Å². The average molecular weight is 624 g/mol. The Morgan fingerprint density at radius 2 is 1.43 bits per heavy atom. The molecular weight excluding hydrogens is 591 g/mol. The highest BCUT2D eigenvalue weighted by Crippen LogP contribution is 2.35. The Morgan fingerprint density at radius 3 is 1.82 bits per heavy atom. The van der Waals surface area contributed by atoms with E-state index in [9.17, 15) is 19.5 Å². The zero-order valence-corrected chi connectivity index (χ0v) is 25.9. The molecule has 0 aromatic heterocycles. The van der Waals surface area contributed by atoms with Gasteiger partial charge >= 0.3 is 11.9 Å². The summed E-state index contributed by atoms with van der Waals surface area (Å²) in [7, 11) is 2.74. The smallest absolute Gasteiger partial charge is 0.312 e. The predicted molar refractivity (Wildman–Crippen MR) is 165 cm³/mol. The second-order valence-electron chi connectivity index (χ2n) is 9.28. The minimum Gasteiger partial charge on any atom is -0.469 e. The van der Waals surface area contributed by atoms with Crippen molar-refractivity contribution in [2.24, 2.45) is 0 Å². The van der Waals surface area contributed by atoms with Gasteiger partial charge in [-0.05, 0) is 66.8 Å². The number of thioether (sulfide) groups is 2. The van der Waals surface area contributed by atoms with E-state index in [1.54, 1.807) is 49.5 Å². The fourth-order valence-corrected chi connectivity index (χ4v) is 6.59. The molecule has 214 valence electrons. The molecule has 2 aromatic rings. The van der Waals surface area contributed by atoms with Gasteiger partial charge in [0.1, 0.15) is 0 Å². The highest BCUT2D eigenvalue weighted by atomic mass is 35.5. The second kappa shape index (κ2) is 15.1. The van der Waals surface area contributed by atoms with Crippen LogP contribution in [0, 0.1) is 0 Å². The third-order valence-corrected chi connectivity index (χ3v) is 9.48. The van der Waals surface area contributed by atoms with E-state index in [0.717, 1.165) is 50.0 Å². The van der Waals surface area contributed by atoms with E-state index in [1.165, 1.54) is 14.2 Å². The zero-order valence-electron chi connectivity index (χ0n) is 22.7. The third kappa shape index (κ3) is 8.40. The van der Waals surface area contributed by atoms with Gasteiger partial charge in [0.15, 0.2) is 5.78 Å². The maximum absolute atomic E-state index is 11.6. The quantitative estimate of drug-likeness (QED) is 0.269. The number of aliphatic hydroxyl groups is 1. The molecule has 2 fully saturated rings. The number of benzene rings is 2. The van der Waals surface area contributed by atoms with E-state index in [-0.39, 0.29) is 35.7 Å². The van der Waals surface area contributed by atoms with E-state index in [0.29, 0.717) is 16.5 Å². The topological polar surface area (TPSA) is 89.9 Å². The maximum atomic E-state index is 11.6. The van der Waals surface area contributed by atoms with Crippen LogP contribution in [-0.4, -0.2) is 54.7 Å². The number of halogens is 2. The lowest BCUT2D eigenvalue weighted by Crippen LogP contribution is -2.10. The largest absolute Gasteiger partial charge is 0.469 e. The lowest BCUT2D eigenvalue weighted by molar-refractivity contribution is -0.142. The van der Waals surface area contributed by atoms with Crippen LogP contribution in [0.4, 0.5) is 0 Å². The van der Waals surface area contributed by atoms with Crippen LogP contribution >= 0.6 is 46.7 Å². The van der Waals surface area contributed by atoms with Crippen molar-refractivity contribution in [1.82, 2.24) is 0 Å². The van der Waals surface area contributed by atoms with Crippen molar-refractivity contribution in [3.63, 3.8) is 0 Å². The number of methoxy groups -OCH3 is 2. The highest BCUT2D eigenvalue weighted by molar-refractivity contribution is 8.04. The maximum Gasteiger partial charge on any atom is 0.312 e. The molecule has 0 saturated carbocycles. The summed E-state index contributed by atoms with van der Waals surface area (Å²) in [6, 6.07) is 10.9. The Morgan fingerprint density at radius 1 is 0.900 bits per heavy atom. The van der Waals surface area contributed by atoms with Gasteiger partial charge in [0.2, 0.25) is 0 Å². The van der Waals surface area contributed by atoms with Crippen molar-refractivity contribution in [3.05, 3.63) is 78.5 Å². The molecule has 2 aliphatic rings. The zero-order chi connectivity index (χ0) is 29.4. The number of rotatable bonds is 6. The van der Waals surface area contributed by atoms with Crippen molar-refractivity contribution in [2.45, 2.75) is 44.6 Å². The first-order valence-corrected chi connectivity index (χ1v) is 15.4. The third-order valence-electron chi connectivity index (χ3n) is 6.59. The SMILES string of the molecule is COC(=O)C(C)c1ccc(C=C2SCCC2=O)c(Cl)c1.COC(=O)C(C)c1ccc(C=C2SCCC2O)c(Cl)c1. The molecule has 0 radical (unpaired) electrons. The molecule has 0 bridgehead atoms. The van der Waals surface area contributed by atoms with E-state index in [1.807, 2.05) is 36.4 Å². The summed E-state index contributed by atoms with van der Waals surface area (Å²) in [4.78, 5) is 36.3. The molecule has 40 heavy (non-hydrogen) atoms. The molecule has 6 nitrogen and oxygen atoms in total. The van der Waals surface area contributed by atoms with Crippen LogP contribution in [0.3, 0.4) is 0 Å². The standard InChI is InChI=1S/C15H17ClO3S.C15H15ClO3S/c2*1-9(15(18)19-2)10-3-4-11(12(16)7-10)8-14-13(17)5-6-20-14/h3-4,7-9,13,17H,5-6H2,1-2H3;3-4,7-9H,5-6H2,1-2H3. The van der Waals surface area contributed by atoms with Crippen molar-refractivity contribution in [3.8, 4) is 0 Å². The number of allylic oxidation sites excluding steroid dienone is 1. The van der Waals surface area contributed by atoms with Crippen LogP contribution in [0.15, 0.2) is 46.2 Å². The molecule has 2 aliphatic heterocycles. The second-order valence-corrected chi connectivity index (χ2v) is 12.4. The van der Waals surface area contributed by atoms with Crippen molar-refractivity contribution in [2.75, 3.05) is 25.7 Å². The molecule has 3 unspecified atom stereocenters. The molecule has 2 saturated heterocycles. The first-order valence-electron chi connectivity index (χ1n) is 12.7. The van der Waals surface area contributed by atoms with Crippen LogP contribution in [0.25, 0.3) is 12.2 Å². The van der Waals surface area contributed by atoms with Crippen LogP contribution in [0.5, 0.6) is 0 Å². The van der Waals surface area contributed by atoms with E-state index < -0.39 is 0 Å². The molecular formula is C30H32Cl2O6S2. The van der Waals surface area contributed by atoms with E-state index in [4.69, 9.17) is 32.7 Å². The summed E-state index contributed by atoms with van der Waals surface area (Å²) in [6.45, 7) is 3.55. The molecule has 4 rings (SSSR count). The molecule has 2 aromatic carbocycles. The highest BCUT2D eigenvalue weighted by Gasteiger charge is 2.21. The van der Waals surface area contributed by atoms with Gasteiger partial charge in [0, 0.05) is 32.9 Å². The molecule has 0 aliphatic carbocycles. The summed E-state index contributed by atoms with van der Waals surface area (Å²) >= 11 is 15.7. The Bertz CT molecular complexity index is 1320. The number of ketones is 1. The van der Waals surface area contributed by atoms with Gasteiger partial charge < -0.3 is 14.6 Å². The Labute approximate surface area is 253 Å². The first kappa shape index (κ1) is 32.3. The minimum absolute atomic E-state index is 0.165. The number of carbonyl (C=O) groups is 3. The van der Waals surface area contributed by atoms with Gasteiger partial charge in [0.05, 0.1) is 37.1 Å². The summed E-state index contributed by atoms with van der Waals surface area (Å²) in [6.07, 6.45) is 4.72. The minimum atomic E-state index is -0.385. The van der Waals surface area contributed by atoms with Gasteiger partial charge in [-0.25, -0.2) is 0 Å². The Balaban J connectivity index is 0.000000220. The monoisotopic (exact) mass is 622 g/mol. The fraction of sp³-hybridized carbons (Fsp3) is 0.367. The number of aliphatic hydroxyl groups excluding tert-OH is 1. The number of ether oxygens (including phenoxy) is 2. The average Bonchev–Trinajstić information content (AvgIpc) is 3.56. The predicted octanol–water partition coefficient (Wildman–Crippen LogP) is 7.12. The van der Waals surface area contributed by atoms with Crippen molar-refractivity contribution >= 4 is 76.6 Å². The number of Topliss-reactive ketones (excluding diaryl/α,β-unsaturated/α-hetero) is 1. The molecule has 1 N–H and O–H groups in total. The fourth-order valence-electron chi connectivity index (χ4n) is 4.02. The summed E-state index contributed by atoms with van der Waals surface area (Å²) < 4.78 is 9.44. The molecule has 3 atom stereocenters. The number of esters is 2. The van der Waals surface area contributed by atoms with Crippen molar-refractivity contribution < 1.29 is 29.0 Å². The van der Waals surface area contributed by atoms with Crippen LogP contribution < -0.4 is 0 Å². The first-order chi connectivity index (χ1) is 19.0. The normalized spacial score (nSPS) is 20.2. The summed E-state index contributed by atoms with van der Waals surface area (Å²) in [5.41, 5.74) is 3.28. The summed E-state index contributed by atoms with van der Waals surface area (Å²) in [5, 5.41) is 10.9. The number of hydrogen-bond donors (Lipinski definition) is 1. The molecule has 0 amide bonds. The molecule has 10 heteroatoms. The van der Waals surface area contributed by atoms with Gasteiger partial charge in [-0.2, -0.15) is 0 Å². The van der Waals surface area contributed by atoms with E-state index >= 15 is 0 Å². The number of carbonyl (C=O) groups excluding carboxylic acids is 3.